The lowest BCUT2D eigenvalue weighted by atomic mass is 9.82. The molecule has 0 aromatic heterocycles. The zero-order chi connectivity index (χ0) is 20.5. The third-order valence-corrected chi connectivity index (χ3v) is 5.12. The van der Waals surface area contributed by atoms with E-state index in [1.807, 2.05) is 6.07 Å². The Hall–Kier alpha value is -3.42. The minimum Gasteiger partial charge on any atom is -0.398 e. The fourth-order valence-electron chi connectivity index (χ4n) is 3.31. The van der Waals surface area contributed by atoms with Crippen LogP contribution in [0.5, 0.6) is 0 Å². The number of nitrogens with zero attached hydrogens (tertiary/aromatic N) is 1. The molecular formula is C20H13N3O5S. The predicted molar refractivity (Wildman–Crippen MR) is 103 cm³/mol. The van der Waals surface area contributed by atoms with Gasteiger partial charge >= 0.3 is 0 Å². The first-order chi connectivity index (χ1) is 14.1. The minimum atomic E-state index is -0.454. The summed E-state index contributed by atoms with van der Waals surface area (Å²) in [6.45, 7) is 0. The van der Waals surface area contributed by atoms with Crippen LogP contribution in [-0.2, 0) is 19.1 Å². The van der Waals surface area contributed by atoms with Crippen molar-refractivity contribution in [2.24, 2.45) is 5.73 Å². The lowest BCUT2D eigenvalue weighted by Crippen LogP contribution is -2.23. The topological polar surface area (TPSA) is 124 Å². The zero-order valence-corrected chi connectivity index (χ0v) is 15.8. The number of nitriles is 1. The number of rotatable bonds is 5. The van der Waals surface area contributed by atoms with Crippen molar-refractivity contribution in [2.45, 2.75) is 4.90 Å². The quantitative estimate of drug-likeness (QED) is 0.335. The number of carbonyl (C=O) groups is 2. The van der Waals surface area contributed by atoms with Gasteiger partial charge in [0.15, 0.2) is 5.78 Å². The fourth-order valence-corrected chi connectivity index (χ4v) is 3.72. The molecule has 8 nitrogen and oxygen atoms in total. The summed E-state index contributed by atoms with van der Waals surface area (Å²) in [5.74, 6) is -0.867. The molecule has 0 atom stereocenters. The molecule has 0 spiro atoms. The van der Waals surface area contributed by atoms with E-state index < -0.39 is 11.7 Å². The highest BCUT2D eigenvalue weighted by molar-refractivity contribution is 7.94. The monoisotopic (exact) mass is 407 g/mol. The molecule has 144 valence electrons. The van der Waals surface area contributed by atoms with Crippen molar-refractivity contribution in [1.29, 1.82) is 5.26 Å². The molecule has 0 saturated heterocycles. The first-order valence-corrected chi connectivity index (χ1v) is 9.09. The molecule has 0 saturated carbocycles. The SMILES string of the molecule is COOOSc1ccc(C2=C3C(=O)c4c(C#N)cccc4C(N)=C3C(=O)N2)cc1. The summed E-state index contributed by atoms with van der Waals surface area (Å²) >= 11 is 0.933. The number of fused-ring (bicyclic) bond motifs is 2. The molecule has 0 fully saturated rings. The molecule has 1 aliphatic carbocycles. The van der Waals surface area contributed by atoms with Crippen molar-refractivity contribution in [3.8, 4) is 6.07 Å². The second kappa shape index (κ2) is 7.54. The zero-order valence-electron chi connectivity index (χ0n) is 15.0. The Balaban J connectivity index is 1.81. The van der Waals surface area contributed by atoms with E-state index in [-0.39, 0.29) is 28.0 Å². The van der Waals surface area contributed by atoms with Crippen molar-refractivity contribution in [3.63, 3.8) is 0 Å². The number of ketones is 1. The summed E-state index contributed by atoms with van der Waals surface area (Å²) in [6, 6.07) is 13.7. The summed E-state index contributed by atoms with van der Waals surface area (Å²) in [5, 5.41) is 16.5. The largest absolute Gasteiger partial charge is 0.398 e. The van der Waals surface area contributed by atoms with Crippen molar-refractivity contribution < 1.29 is 23.8 Å². The lowest BCUT2D eigenvalue weighted by Gasteiger charge is -2.19. The average Bonchev–Trinajstić information content (AvgIpc) is 3.09. The van der Waals surface area contributed by atoms with E-state index in [1.165, 1.54) is 7.11 Å². The van der Waals surface area contributed by atoms with E-state index >= 15 is 0 Å². The Morgan fingerprint density at radius 3 is 2.55 bits per heavy atom. The number of nitrogens with one attached hydrogen (secondary N) is 1. The maximum Gasteiger partial charge on any atom is 0.258 e. The van der Waals surface area contributed by atoms with Crippen LogP contribution in [0.15, 0.2) is 58.5 Å². The standard InChI is InChI=1S/C20H13N3O5S/c1-26-27-28-29-12-7-5-10(6-8-12)18-16-15(20(25)23-18)17(22)13-4-2-3-11(9-21)14(13)19(16)24/h2-8H,22H2,1H3,(H,23,25). The highest BCUT2D eigenvalue weighted by Crippen LogP contribution is 2.40. The van der Waals surface area contributed by atoms with Crippen molar-refractivity contribution in [3.05, 3.63) is 75.9 Å². The second-order valence-electron chi connectivity index (χ2n) is 6.07. The van der Waals surface area contributed by atoms with E-state index in [4.69, 9.17) is 10.1 Å². The summed E-state index contributed by atoms with van der Waals surface area (Å²) < 4.78 is 4.74. The Bertz CT molecular complexity index is 1150. The van der Waals surface area contributed by atoms with Gasteiger partial charge in [0.2, 0.25) is 0 Å². The number of hydrogen-bond acceptors (Lipinski definition) is 8. The van der Waals surface area contributed by atoms with Crippen LogP contribution in [0.3, 0.4) is 0 Å². The van der Waals surface area contributed by atoms with E-state index in [0.717, 1.165) is 12.0 Å². The van der Waals surface area contributed by atoms with Gasteiger partial charge in [0.1, 0.15) is 0 Å². The van der Waals surface area contributed by atoms with Crippen molar-refractivity contribution in [1.82, 2.24) is 5.32 Å². The Morgan fingerprint density at radius 2 is 1.86 bits per heavy atom. The highest BCUT2D eigenvalue weighted by Gasteiger charge is 2.40. The van der Waals surface area contributed by atoms with Crippen LogP contribution in [0.25, 0.3) is 11.4 Å². The molecule has 4 rings (SSSR count). The normalized spacial score (nSPS) is 15.2. The van der Waals surface area contributed by atoms with Crippen LogP contribution in [0, 0.1) is 11.3 Å². The summed E-state index contributed by atoms with van der Waals surface area (Å²) in [5.41, 5.74) is 8.46. The van der Waals surface area contributed by atoms with Gasteiger partial charge in [-0.15, -0.1) is 4.33 Å². The molecule has 1 aliphatic heterocycles. The van der Waals surface area contributed by atoms with Gasteiger partial charge < -0.3 is 11.1 Å². The van der Waals surface area contributed by atoms with Crippen LogP contribution in [-0.4, -0.2) is 18.8 Å². The number of Topliss-reactive ketones (excluding diaryl/α,β-unsaturated/α-hetero) is 1. The Labute approximate surface area is 169 Å². The lowest BCUT2D eigenvalue weighted by molar-refractivity contribution is -0.447. The molecule has 0 unspecified atom stereocenters. The molecule has 2 aliphatic rings. The van der Waals surface area contributed by atoms with Gasteiger partial charge in [0.05, 0.1) is 53.3 Å². The maximum absolute atomic E-state index is 13.2. The Morgan fingerprint density at radius 1 is 1.10 bits per heavy atom. The molecule has 0 radical (unpaired) electrons. The number of hydrogen-bond donors (Lipinski definition) is 2. The van der Waals surface area contributed by atoms with Crippen molar-refractivity contribution in [2.75, 3.05) is 7.11 Å². The van der Waals surface area contributed by atoms with Gasteiger partial charge in [-0.1, -0.05) is 29.3 Å². The van der Waals surface area contributed by atoms with E-state index in [1.54, 1.807) is 42.5 Å². The number of amides is 1. The molecule has 9 heteroatoms. The number of nitrogens with two attached hydrogens (primary N) is 1. The molecular weight excluding hydrogens is 394 g/mol. The highest BCUT2D eigenvalue weighted by atomic mass is 32.2. The van der Waals surface area contributed by atoms with Crippen molar-refractivity contribution >= 4 is 35.1 Å². The number of carbonyl (C=O) groups excluding carboxylic acids is 2. The molecule has 3 N–H and O–H groups in total. The molecule has 29 heavy (non-hydrogen) atoms. The fraction of sp³-hybridized carbons (Fsp3) is 0.0500. The summed E-state index contributed by atoms with van der Waals surface area (Å²) in [6.07, 6.45) is 0. The van der Waals surface area contributed by atoms with Gasteiger partial charge in [0, 0.05) is 16.0 Å². The van der Waals surface area contributed by atoms with Gasteiger partial charge in [-0.05, 0) is 23.8 Å². The van der Waals surface area contributed by atoms with E-state index in [9.17, 15) is 14.9 Å². The second-order valence-corrected chi connectivity index (χ2v) is 6.85. The van der Waals surface area contributed by atoms with Gasteiger partial charge in [0.25, 0.3) is 5.91 Å². The molecule has 2 aromatic rings. The first kappa shape index (κ1) is 18.9. The summed E-state index contributed by atoms with van der Waals surface area (Å²) in [4.78, 5) is 30.9. The molecule has 1 amide bonds. The van der Waals surface area contributed by atoms with E-state index in [2.05, 4.69) is 15.2 Å². The molecule has 0 bridgehead atoms. The van der Waals surface area contributed by atoms with Crippen LogP contribution < -0.4 is 11.1 Å². The van der Waals surface area contributed by atoms with Gasteiger partial charge in [-0.3, -0.25) is 9.59 Å². The molecule has 2 aromatic carbocycles. The van der Waals surface area contributed by atoms with Crippen LogP contribution >= 0.6 is 12.0 Å². The minimum absolute atomic E-state index is 0.128. The maximum atomic E-state index is 13.2. The third kappa shape index (κ3) is 3.10. The smallest absolute Gasteiger partial charge is 0.258 e. The van der Waals surface area contributed by atoms with E-state index in [0.29, 0.717) is 21.7 Å². The third-order valence-electron chi connectivity index (χ3n) is 4.53. The van der Waals surface area contributed by atoms with Crippen LogP contribution in [0.1, 0.15) is 27.0 Å². The number of benzene rings is 2. The Kier molecular flexibility index (Phi) is 4.92. The van der Waals surface area contributed by atoms with Gasteiger partial charge in [-0.25, -0.2) is 4.89 Å². The molecule has 1 heterocycles. The predicted octanol–water partition coefficient (Wildman–Crippen LogP) is 2.48. The van der Waals surface area contributed by atoms with Gasteiger partial charge in [-0.2, -0.15) is 5.26 Å². The van der Waals surface area contributed by atoms with Crippen LogP contribution in [0.2, 0.25) is 0 Å². The van der Waals surface area contributed by atoms with Crippen LogP contribution in [0.4, 0.5) is 0 Å². The average molecular weight is 407 g/mol. The first-order valence-electron chi connectivity index (χ1n) is 8.35. The summed E-state index contributed by atoms with van der Waals surface area (Å²) in [7, 11) is 1.31.